The van der Waals surface area contributed by atoms with Crippen LogP contribution in [0.1, 0.15) is 37.7 Å². The van der Waals surface area contributed by atoms with Crippen LogP contribution in [0.4, 0.5) is 0 Å². The van der Waals surface area contributed by atoms with Crippen molar-refractivity contribution in [2.75, 3.05) is 26.7 Å². The summed E-state index contributed by atoms with van der Waals surface area (Å²) in [6.45, 7) is 2.09. The summed E-state index contributed by atoms with van der Waals surface area (Å²) >= 11 is 0. The van der Waals surface area contributed by atoms with Crippen LogP contribution in [0.25, 0.3) is 0 Å². The van der Waals surface area contributed by atoms with Crippen LogP contribution in [0, 0.1) is 5.92 Å². The molecule has 1 aliphatic carbocycles. The number of nitrogens with zero attached hydrogens (tertiary/aromatic N) is 1. The van der Waals surface area contributed by atoms with Crippen molar-refractivity contribution in [3.8, 4) is 0 Å². The number of benzene rings is 1. The number of nitrogens with two attached hydrogens (primary N) is 1. The van der Waals surface area contributed by atoms with Crippen molar-refractivity contribution < 1.29 is 5.11 Å². The standard InChI is InChI=1S/C17H28N2O/c1-19(13-15-7-5-6-8-15)12-11-17(18,14-20)16-9-3-2-4-10-16/h2-4,9-10,15,20H,5-8,11-14,18H2,1H3. The average molecular weight is 276 g/mol. The van der Waals surface area contributed by atoms with Crippen LogP contribution >= 0.6 is 0 Å². The van der Waals surface area contributed by atoms with Gasteiger partial charge in [-0.25, -0.2) is 0 Å². The first kappa shape index (κ1) is 15.5. The van der Waals surface area contributed by atoms with Crippen LogP contribution < -0.4 is 5.73 Å². The molecule has 2 rings (SSSR count). The van der Waals surface area contributed by atoms with E-state index in [-0.39, 0.29) is 6.61 Å². The highest BCUT2D eigenvalue weighted by Crippen LogP contribution is 2.26. The molecular formula is C17H28N2O. The topological polar surface area (TPSA) is 49.5 Å². The van der Waals surface area contributed by atoms with E-state index in [0.717, 1.165) is 31.0 Å². The Bertz CT molecular complexity index is 389. The minimum atomic E-state index is -0.620. The summed E-state index contributed by atoms with van der Waals surface area (Å²) in [6, 6.07) is 9.96. The lowest BCUT2D eigenvalue weighted by Gasteiger charge is -2.31. The lowest BCUT2D eigenvalue weighted by molar-refractivity contribution is 0.165. The molecular weight excluding hydrogens is 248 g/mol. The molecule has 0 bridgehead atoms. The Morgan fingerprint density at radius 1 is 1.25 bits per heavy atom. The molecule has 112 valence electrons. The summed E-state index contributed by atoms with van der Waals surface area (Å²) in [5.41, 5.74) is 6.80. The highest BCUT2D eigenvalue weighted by Gasteiger charge is 2.27. The van der Waals surface area contributed by atoms with E-state index < -0.39 is 5.54 Å². The molecule has 3 N–H and O–H groups in total. The molecule has 0 spiro atoms. The molecule has 0 radical (unpaired) electrons. The van der Waals surface area contributed by atoms with Gasteiger partial charge in [-0.05, 0) is 37.8 Å². The Kier molecular flexibility index (Phi) is 5.58. The third kappa shape index (κ3) is 4.05. The molecule has 1 saturated carbocycles. The second-order valence-corrected chi connectivity index (χ2v) is 6.34. The Balaban J connectivity index is 1.86. The van der Waals surface area contributed by atoms with Gasteiger partial charge in [-0.3, -0.25) is 0 Å². The van der Waals surface area contributed by atoms with Gasteiger partial charge in [-0.2, -0.15) is 0 Å². The molecule has 1 aromatic rings. The molecule has 20 heavy (non-hydrogen) atoms. The SMILES string of the molecule is CN(CCC(N)(CO)c1ccccc1)CC1CCCC1. The van der Waals surface area contributed by atoms with Crippen molar-refractivity contribution >= 4 is 0 Å². The second-order valence-electron chi connectivity index (χ2n) is 6.34. The predicted molar refractivity (Wildman–Crippen MR) is 83.5 cm³/mol. The lowest BCUT2D eigenvalue weighted by Crippen LogP contribution is -2.43. The van der Waals surface area contributed by atoms with E-state index in [2.05, 4.69) is 11.9 Å². The van der Waals surface area contributed by atoms with Crippen LogP contribution in [-0.2, 0) is 5.54 Å². The van der Waals surface area contributed by atoms with E-state index in [1.54, 1.807) is 0 Å². The number of aliphatic hydroxyl groups is 1. The molecule has 3 heteroatoms. The van der Waals surface area contributed by atoms with Crippen LogP contribution in [0.15, 0.2) is 30.3 Å². The van der Waals surface area contributed by atoms with Gasteiger partial charge in [0.15, 0.2) is 0 Å². The molecule has 1 aromatic carbocycles. The van der Waals surface area contributed by atoms with Gasteiger partial charge in [0.2, 0.25) is 0 Å². The molecule has 1 fully saturated rings. The van der Waals surface area contributed by atoms with Gasteiger partial charge in [0.05, 0.1) is 12.1 Å². The molecule has 1 unspecified atom stereocenters. The zero-order valence-electron chi connectivity index (χ0n) is 12.6. The predicted octanol–water partition coefficient (Wildman–Crippen LogP) is 2.34. The van der Waals surface area contributed by atoms with Crippen molar-refractivity contribution in [1.82, 2.24) is 4.90 Å². The van der Waals surface area contributed by atoms with Crippen LogP contribution in [0.5, 0.6) is 0 Å². The van der Waals surface area contributed by atoms with Gasteiger partial charge in [0, 0.05) is 13.1 Å². The van der Waals surface area contributed by atoms with E-state index >= 15 is 0 Å². The minimum Gasteiger partial charge on any atom is -0.394 e. The normalized spacial score (nSPS) is 19.4. The highest BCUT2D eigenvalue weighted by atomic mass is 16.3. The van der Waals surface area contributed by atoms with E-state index in [1.807, 2.05) is 30.3 Å². The fraction of sp³-hybridized carbons (Fsp3) is 0.647. The molecule has 0 aromatic heterocycles. The van der Waals surface area contributed by atoms with E-state index in [4.69, 9.17) is 5.73 Å². The monoisotopic (exact) mass is 276 g/mol. The first-order chi connectivity index (χ1) is 9.64. The number of hydrogen-bond acceptors (Lipinski definition) is 3. The number of hydrogen-bond donors (Lipinski definition) is 2. The quantitative estimate of drug-likeness (QED) is 0.803. The van der Waals surface area contributed by atoms with Crippen molar-refractivity contribution in [2.24, 2.45) is 11.7 Å². The summed E-state index contributed by atoms with van der Waals surface area (Å²) in [5.74, 6) is 0.859. The second kappa shape index (κ2) is 7.21. The maximum atomic E-state index is 9.69. The lowest BCUT2D eigenvalue weighted by atomic mass is 9.88. The third-order valence-corrected chi connectivity index (χ3v) is 4.62. The smallest absolute Gasteiger partial charge is 0.0656 e. The zero-order valence-corrected chi connectivity index (χ0v) is 12.6. The van der Waals surface area contributed by atoms with Gasteiger partial charge in [-0.15, -0.1) is 0 Å². The van der Waals surface area contributed by atoms with Crippen LogP contribution in [0.2, 0.25) is 0 Å². The molecule has 0 amide bonds. The highest BCUT2D eigenvalue weighted by molar-refractivity contribution is 5.24. The van der Waals surface area contributed by atoms with Gasteiger partial charge in [0.25, 0.3) is 0 Å². The summed E-state index contributed by atoms with van der Waals surface area (Å²) in [4.78, 5) is 2.37. The first-order valence-electron chi connectivity index (χ1n) is 7.78. The third-order valence-electron chi connectivity index (χ3n) is 4.62. The van der Waals surface area contributed by atoms with Crippen molar-refractivity contribution in [3.63, 3.8) is 0 Å². The minimum absolute atomic E-state index is 0.00567. The van der Waals surface area contributed by atoms with Gasteiger partial charge in [0.1, 0.15) is 0 Å². The molecule has 0 aliphatic heterocycles. The summed E-state index contributed by atoms with van der Waals surface area (Å²) < 4.78 is 0. The van der Waals surface area contributed by atoms with E-state index in [1.165, 1.54) is 25.7 Å². The Morgan fingerprint density at radius 3 is 2.50 bits per heavy atom. The number of aliphatic hydroxyl groups excluding tert-OH is 1. The van der Waals surface area contributed by atoms with Gasteiger partial charge >= 0.3 is 0 Å². The Hall–Kier alpha value is -0.900. The molecule has 3 nitrogen and oxygen atoms in total. The first-order valence-corrected chi connectivity index (χ1v) is 7.78. The Labute approximate surface area is 122 Å². The van der Waals surface area contributed by atoms with Gasteiger partial charge < -0.3 is 15.7 Å². The fourth-order valence-electron chi connectivity index (χ4n) is 3.20. The molecule has 0 heterocycles. The average Bonchev–Trinajstić information content (AvgIpc) is 2.98. The maximum absolute atomic E-state index is 9.69. The molecule has 0 saturated heterocycles. The van der Waals surface area contributed by atoms with Crippen molar-refractivity contribution in [1.29, 1.82) is 0 Å². The van der Waals surface area contributed by atoms with Gasteiger partial charge in [-0.1, -0.05) is 43.2 Å². The van der Waals surface area contributed by atoms with E-state index in [9.17, 15) is 5.11 Å². The number of rotatable bonds is 7. The van der Waals surface area contributed by atoms with E-state index in [0.29, 0.717) is 0 Å². The summed E-state index contributed by atoms with van der Waals surface area (Å²) in [5, 5.41) is 9.69. The molecule has 1 atom stereocenters. The fourth-order valence-corrected chi connectivity index (χ4v) is 3.20. The Morgan fingerprint density at radius 2 is 1.90 bits per heavy atom. The zero-order chi connectivity index (χ0) is 14.4. The summed E-state index contributed by atoms with van der Waals surface area (Å²) in [6.07, 6.45) is 6.31. The van der Waals surface area contributed by atoms with Crippen molar-refractivity contribution in [3.05, 3.63) is 35.9 Å². The maximum Gasteiger partial charge on any atom is 0.0656 e. The largest absolute Gasteiger partial charge is 0.394 e. The van der Waals surface area contributed by atoms with Crippen LogP contribution in [-0.4, -0.2) is 36.8 Å². The van der Waals surface area contributed by atoms with Crippen molar-refractivity contribution in [2.45, 2.75) is 37.6 Å². The van der Waals surface area contributed by atoms with Crippen LogP contribution in [0.3, 0.4) is 0 Å². The summed E-state index contributed by atoms with van der Waals surface area (Å²) in [7, 11) is 2.17. The molecule has 1 aliphatic rings.